The average molecular weight is 317 g/mol. The van der Waals surface area contributed by atoms with Crippen LogP contribution in [0.3, 0.4) is 0 Å². The molecule has 0 aliphatic heterocycles. The topological polar surface area (TPSA) is 88.8 Å². The van der Waals surface area contributed by atoms with Gasteiger partial charge in [0.2, 0.25) is 0 Å². The number of hydrogen-bond donors (Lipinski definition) is 2. The van der Waals surface area contributed by atoms with Crippen LogP contribution in [-0.4, -0.2) is 30.1 Å². The number of rotatable bonds is 8. The molecule has 122 valence electrons. The fourth-order valence-corrected chi connectivity index (χ4v) is 2.07. The van der Waals surface area contributed by atoms with Crippen LogP contribution in [0.1, 0.15) is 39.2 Å². The Balaban J connectivity index is 1.78. The van der Waals surface area contributed by atoms with E-state index in [1.54, 1.807) is 6.92 Å². The minimum atomic E-state index is -1.10. The van der Waals surface area contributed by atoms with Crippen LogP contribution in [0.25, 0.3) is 0 Å². The van der Waals surface area contributed by atoms with Gasteiger partial charge in [-0.05, 0) is 5.56 Å². The molecule has 6 heteroatoms. The number of amides is 1. The standard InChI is InChI=1S/C17H19NO5/c1-2-14-13(17(20)21)10-15(23-14)16(19)18-8-9-22-11-12-6-4-3-5-7-12/h3-7,10H,2,8-9,11H2,1H3,(H,18,19)(H,20,21). The fourth-order valence-electron chi connectivity index (χ4n) is 2.07. The fraction of sp³-hybridized carbons (Fsp3) is 0.294. The summed E-state index contributed by atoms with van der Waals surface area (Å²) in [4.78, 5) is 23.0. The van der Waals surface area contributed by atoms with Gasteiger partial charge in [0.15, 0.2) is 5.76 Å². The van der Waals surface area contributed by atoms with Crippen molar-refractivity contribution in [3.05, 3.63) is 59.0 Å². The summed E-state index contributed by atoms with van der Waals surface area (Å²) in [5.74, 6) is -1.25. The van der Waals surface area contributed by atoms with Crippen LogP contribution < -0.4 is 5.32 Å². The summed E-state index contributed by atoms with van der Waals surface area (Å²) < 4.78 is 10.7. The van der Waals surface area contributed by atoms with Crippen LogP contribution in [0, 0.1) is 0 Å². The number of furan rings is 1. The van der Waals surface area contributed by atoms with Gasteiger partial charge in [0.05, 0.1) is 13.2 Å². The molecule has 0 aliphatic carbocycles. The second-order valence-corrected chi connectivity index (χ2v) is 4.90. The number of carboxylic acids is 1. The highest BCUT2D eigenvalue weighted by molar-refractivity contribution is 5.96. The van der Waals surface area contributed by atoms with Crippen molar-refractivity contribution in [3.63, 3.8) is 0 Å². The number of benzene rings is 1. The molecule has 1 aromatic carbocycles. The Morgan fingerprint density at radius 3 is 2.61 bits per heavy atom. The summed E-state index contributed by atoms with van der Waals surface area (Å²) in [6.45, 7) is 2.91. The molecule has 1 amide bonds. The van der Waals surface area contributed by atoms with E-state index in [2.05, 4.69) is 5.32 Å². The number of hydrogen-bond acceptors (Lipinski definition) is 4. The average Bonchev–Trinajstić information content (AvgIpc) is 3.00. The highest BCUT2D eigenvalue weighted by Gasteiger charge is 2.19. The van der Waals surface area contributed by atoms with E-state index in [-0.39, 0.29) is 11.3 Å². The zero-order chi connectivity index (χ0) is 16.7. The monoisotopic (exact) mass is 317 g/mol. The second kappa shape index (κ2) is 8.14. The molecular formula is C17H19NO5. The van der Waals surface area contributed by atoms with Crippen LogP contribution in [0.15, 0.2) is 40.8 Å². The summed E-state index contributed by atoms with van der Waals surface area (Å²) >= 11 is 0. The molecule has 0 spiro atoms. The molecule has 0 fully saturated rings. The third-order valence-electron chi connectivity index (χ3n) is 3.23. The molecular weight excluding hydrogens is 298 g/mol. The van der Waals surface area contributed by atoms with Crippen molar-refractivity contribution in [2.24, 2.45) is 0 Å². The third-order valence-corrected chi connectivity index (χ3v) is 3.23. The molecule has 0 radical (unpaired) electrons. The Kier molecular flexibility index (Phi) is 5.94. The quantitative estimate of drug-likeness (QED) is 0.730. The van der Waals surface area contributed by atoms with E-state index in [0.29, 0.717) is 31.9 Å². The van der Waals surface area contributed by atoms with Gasteiger partial charge >= 0.3 is 5.97 Å². The van der Waals surface area contributed by atoms with Crippen molar-refractivity contribution in [1.29, 1.82) is 0 Å². The van der Waals surface area contributed by atoms with Gasteiger partial charge in [0.25, 0.3) is 5.91 Å². The van der Waals surface area contributed by atoms with Crippen molar-refractivity contribution in [2.45, 2.75) is 20.0 Å². The first-order valence-corrected chi connectivity index (χ1v) is 7.37. The molecule has 0 aliphatic rings. The first-order valence-electron chi connectivity index (χ1n) is 7.37. The number of carboxylic acid groups (broad SMARTS) is 1. The van der Waals surface area contributed by atoms with Gasteiger partial charge in [-0.25, -0.2) is 4.79 Å². The van der Waals surface area contributed by atoms with Crippen LogP contribution >= 0.6 is 0 Å². The van der Waals surface area contributed by atoms with Gasteiger partial charge in [-0.3, -0.25) is 4.79 Å². The summed E-state index contributed by atoms with van der Waals surface area (Å²) in [7, 11) is 0. The first-order chi connectivity index (χ1) is 11.1. The predicted octanol–water partition coefficient (Wildman–Crippen LogP) is 2.49. The maximum Gasteiger partial charge on any atom is 0.339 e. The van der Waals surface area contributed by atoms with E-state index in [0.717, 1.165) is 5.56 Å². The molecule has 23 heavy (non-hydrogen) atoms. The molecule has 0 saturated carbocycles. The molecule has 2 aromatic rings. The molecule has 1 heterocycles. The number of nitrogens with one attached hydrogen (secondary N) is 1. The van der Waals surface area contributed by atoms with Gasteiger partial charge < -0.3 is 19.6 Å². The molecule has 0 unspecified atom stereocenters. The highest BCUT2D eigenvalue weighted by Crippen LogP contribution is 2.16. The molecule has 2 N–H and O–H groups in total. The predicted molar refractivity (Wildman–Crippen MR) is 83.5 cm³/mol. The van der Waals surface area contributed by atoms with E-state index in [4.69, 9.17) is 14.3 Å². The number of aromatic carboxylic acids is 1. The van der Waals surface area contributed by atoms with E-state index in [1.165, 1.54) is 6.07 Å². The van der Waals surface area contributed by atoms with E-state index < -0.39 is 11.9 Å². The largest absolute Gasteiger partial charge is 0.478 e. The van der Waals surface area contributed by atoms with Gasteiger partial charge in [-0.1, -0.05) is 37.3 Å². The van der Waals surface area contributed by atoms with Crippen molar-refractivity contribution in [3.8, 4) is 0 Å². The molecule has 2 rings (SSSR count). The molecule has 0 atom stereocenters. The van der Waals surface area contributed by atoms with Crippen LogP contribution in [0.5, 0.6) is 0 Å². The zero-order valence-corrected chi connectivity index (χ0v) is 12.9. The Bertz CT molecular complexity index is 663. The number of carbonyl (C=O) groups excluding carboxylic acids is 1. The van der Waals surface area contributed by atoms with Crippen molar-refractivity contribution in [1.82, 2.24) is 5.32 Å². The van der Waals surface area contributed by atoms with Gasteiger partial charge in [-0.15, -0.1) is 0 Å². The maximum atomic E-state index is 11.9. The van der Waals surface area contributed by atoms with Crippen molar-refractivity contribution in [2.75, 3.05) is 13.2 Å². The maximum absolute atomic E-state index is 11.9. The smallest absolute Gasteiger partial charge is 0.339 e. The Labute approximate surface area is 134 Å². The van der Waals surface area contributed by atoms with Gasteiger partial charge in [0, 0.05) is 19.0 Å². The van der Waals surface area contributed by atoms with Gasteiger partial charge in [0.1, 0.15) is 11.3 Å². The van der Waals surface area contributed by atoms with Crippen LogP contribution in [-0.2, 0) is 17.8 Å². The summed E-state index contributed by atoms with van der Waals surface area (Å²) in [5.41, 5.74) is 1.08. The zero-order valence-electron chi connectivity index (χ0n) is 12.9. The van der Waals surface area contributed by atoms with E-state index in [1.807, 2.05) is 30.3 Å². The lowest BCUT2D eigenvalue weighted by Gasteiger charge is -2.05. The van der Waals surface area contributed by atoms with Crippen molar-refractivity contribution >= 4 is 11.9 Å². The Hall–Kier alpha value is -2.60. The van der Waals surface area contributed by atoms with Gasteiger partial charge in [-0.2, -0.15) is 0 Å². The minimum Gasteiger partial charge on any atom is -0.478 e. The molecule has 1 aromatic heterocycles. The Morgan fingerprint density at radius 2 is 2.00 bits per heavy atom. The van der Waals surface area contributed by atoms with E-state index in [9.17, 15) is 9.59 Å². The number of ether oxygens (including phenoxy) is 1. The first kappa shape index (κ1) is 16.8. The van der Waals surface area contributed by atoms with E-state index >= 15 is 0 Å². The van der Waals surface area contributed by atoms with Crippen LogP contribution in [0.2, 0.25) is 0 Å². The highest BCUT2D eigenvalue weighted by atomic mass is 16.5. The van der Waals surface area contributed by atoms with Crippen LogP contribution in [0.4, 0.5) is 0 Å². The van der Waals surface area contributed by atoms with Crippen molar-refractivity contribution < 1.29 is 23.8 Å². The summed E-state index contributed by atoms with van der Waals surface area (Å²) in [5, 5.41) is 11.7. The SMILES string of the molecule is CCc1oc(C(=O)NCCOCc2ccccc2)cc1C(=O)O. The third kappa shape index (κ3) is 4.69. The summed E-state index contributed by atoms with van der Waals surface area (Å²) in [6, 6.07) is 11.0. The normalized spacial score (nSPS) is 10.5. The summed E-state index contributed by atoms with van der Waals surface area (Å²) in [6.07, 6.45) is 0.412. The lowest BCUT2D eigenvalue weighted by atomic mass is 10.2. The lowest BCUT2D eigenvalue weighted by Crippen LogP contribution is -2.26. The lowest BCUT2D eigenvalue weighted by molar-refractivity contribution is 0.0694. The minimum absolute atomic E-state index is 0.00214. The second-order valence-electron chi connectivity index (χ2n) is 4.90. The Morgan fingerprint density at radius 1 is 1.26 bits per heavy atom. The molecule has 0 bridgehead atoms. The number of carbonyl (C=O) groups is 2. The number of aryl methyl sites for hydroxylation is 1. The molecule has 0 saturated heterocycles. The molecule has 6 nitrogen and oxygen atoms in total.